The van der Waals surface area contributed by atoms with Gasteiger partial charge in [-0.05, 0) is 56.0 Å². The van der Waals surface area contributed by atoms with E-state index in [1.807, 2.05) is 56.3 Å². The minimum absolute atomic E-state index is 0.106. The van der Waals surface area contributed by atoms with E-state index in [4.69, 9.17) is 16.6 Å². The zero-order chi connectivity index (χ0) is 21.8. The molecule has 0 saturated heterocycles. The van der Waals surface area contributed by atoms with Crippen LogP contribution < -0.4 is 5.56 Å². The molecular weight excluding hydrogens is 398 g/mol. The van der Waals surface area contributed by atoms with Crippen LogP contribution in [-0.2, 0) is 4.79 Å². The number of nitrogens with zero attached hydrogens (tertiary/aromatic N) is 3. The van der Waals surface area contributed by atoms with Crippen LogP contribution in [0.15, 0.2) is 53.3 Å². The molecule has 158 valence electrons. The lowest BCUT2D eigenvalue weighted by atomic mass is 10.1. The Morgan fingerprint density at radius 2 is 1.87 bits per heavy atom. The van der Waals surface area contributed by atoms with Gasteiger partial charge in [-0.2, -0.15) is 0 Å². The fourth-order valence-electron chi connectivity index (χ4n) is 3.59. The van der Waals surface area contributed by atoms with Crippen molar-refractivity contribution in [3.63, 3.8) is 0 Å². The van der Waals surface area contributed by atoms with Gasteiger partial charge in [-0.3, -0.25) is 14.2 Å². The van der Waals surface area contributed by atoms with E-state index >= 15 is 0 Å². The van der Waals surface area contributed by atoms with Gasteiger partial charge in [0.15, 0.2) is 0 Å². The standard InChI is InChI=1S/C24H28ClN3O2/c1-16(2)12-13-27(22(29)15-25)18(4)23-26-21-11-6-5-10-20(21)24(30)28(23)19-9-7-8-17(3)14-19/h5-11,14,16,18H,12-13,15H2,1-4H3/t18-/m1/s1. The lowest BCUT2D eigenvalue weighted by molar-refractivity contribution is -0.131. The fraction of sp³-hybridized carbons (Fsp3) is 0.375. The molecule has 0 N–H and O–H groups in total. The average molecular weight is 426 g/mol. The first kappa shape index (κ1) is 22.0. The van der Waals surface area contributed by atoms with Crippen molar-refractivity contribution < 1.29 is 4.79 Å². The molecule has 0 radical (unpaired) electrons. The van der Waals surface area contributed by atoms with Crippen molar-refractivity contribution in [2.45, 2.75) is 40.2 Å². The highest BCUT2D eigenvalue weighted by molar-refractivity contribution is 6.27. The summed E-state index contributed by atoms with van der Waals surface area (Å²) in [7, 11) is 0. The van der Waals surface area contributed by atoms with Gasteiger partial charge in [0.25, 0.3) is 5.56 Å². The third-order valence-corrected chi connectivity index (χ3v) is 5.51. The molecule has 1 atom stereocenters. The van der Waals surface area contributed by atoms with Gasteiger partial charge in [-0.15, -0.1) is 11.6 Å². The van der Waals surface area contributed by atoms with E-state index in [2.05, 4.69) is 13.8 Å². The summed E-state index contributed by atoms with van der Waals surface area (Å²) in [6, 6.07) is 14.6. The zero-order valence-electron chi connectivity index (χ0n) is 17.9. The van der Waals surface area contributed by atoms with E-state index in [1.165, 1.54) is 0 Å². The molecule has 1 amide bonds. The first-order valence-electron chi connectivity index (χ1n) is 10.3. The molecule has 0 spiro atoms. The molecule has 0 unspecified atom stereocenters. The van der Waals surface area contributed by atoms with Crippen molar-refractivity contribution in [1.29, 1.82) is 0 Å². The highest BCUT2D eigenvalue weighted by Crippen LogP contribution is 2.24. The summed E-state index contributed by atoms with van der Waals surface area (Å²) in [6.45, 7) is 8.68. The summed E-state index contributed by atoms with van der Waals surface area (Å²) in [4.78, 5) is 32.7. The molecule has 0 aliphatic heterocycles. The van der Waals surface area contributed by atoms with Crippen LogP contribution in [0.1, 0.15) is 44.6 Å². The Morgan fingerprint density at radius 3 is 2.53 bits per heavy atom. The molecular formula is C24H28ClN3O2. The molecule has 6 heteroatoms. The van der Waals surface area contributed by atoms with Gasteiger partial charge in [0.1, 0.15) is 11.7 Å². The maximum absolute atomic E-state index is 13.5. The Kier molecular flexibility index (Phi) is 6.93. The highest BCUT2D eigenvalue weighted by atomic mass is 35.5. The molecule has 0 bridgehead atoms. The zero-order valence-corrected chi connectivity index (χ0v) is 18.7. The molecule has 3 aromatic rings. The van der Waals surface area contributed by atoms with E-state index in [0.717, 1.165) is 17.7 Å². The van der Waals surface area contributed by atoms with Crippen LogP contribution in [0.3, 0.4) is 0 Å². The Labute approximate surface area is 182 Å². The summed E-state index contributed by atoms with van der Waals surface area (Å²) < 4.78 is 1.63. The fourth-order valence-corrected chi connectivity index (χ4v) is 3.75. The van der Waals surface area contributed by atoms with Gasteiger partial charge in [0.05, 0.1) is 22.6 Å². The summed E-state index contributed by atoms with van der Waals surface area (Å²) in [6.07, 6.45) is 0.842. The molecule has 0 fully saturated rings. The van der Waals surface area contributed by atoms with E-state index in [0.29, 0.717) is 29.2 Å². The van der Waals surface area contributed by atoms with Crippen molar-refractivity contribution in [3.05, 3.63) is 70.3 Å². The Morgan fingerprint density at radius 1 is 1.13 bits per heavy atom. The smallest absolute Gasteiger partial charge is 0.266 e. The van der Waals surface area contributed by atoms with Crippen LogP contribution in [0, 0.1) is 12.8 Å². The minimum atomic E-state index is -0.409. The monoisotopic (exact) mass is 425 g/mol. The van der Waals surface area contributed by atoms with Crippen LogP contribution in [-0.4, -0.2) is 32.8 Å². The number of aromatic nitrogens is 2. The highest BCUT2D eigenvalue weighted by Gasteiger charge is 2.26. The summed E-state index contributed by atoms with van der Waals surface area (Å²) >= 11 is 5.92. The maximum atomic E-state index is 13.5. The van der Waals surface area contributed by atoms with Crippen molar-refractivity contribution in [2.75, 3.05) is 12.4 Å². The third-order valence-electron chi connectivity index (χ3n) is 5.28. The average Bonchev–Trinajstić information content (AvgIpc) is 2.73. The minimum Gasteiger partial charge on any atom is -0.332 e. The second-order valence-corrected chi connectivity index (χ2v) is 8.31. The number of fused-ring (bicyclic) bond motifs is 1. The van der Waals surface area contributed by atoms with Crippen LogP contribution in [0.4, 0.5) is 0 Å². The predicted octanol–water partition coefficient (Wildman–Crippen LogP) is 4.87. The largest absolute Gasteiger partial charge is 0.332 e. The van der Waals surface area contributed by atoms with Crippen LogP contribution in [0.2, 0.25) is 0 Å². The molecule has 1 aromatic heterocycles. The number of para-hydroxylation sites is 1. The normalized spacial score (nSPS) is 12.3. The lowest BCUT2D eigenvalue weighted by Gasteiger charge is -2.30. The Balaban J connectivity index is 2.23. The number of hydrogen-bond acceptors (Lipinski definition) is 3. The van der Waals surface area contributed by atoms with Crippen molar-refractivity contribution in [1.82, 2.24) is 14.5 Å². The molecule has 0 aliphatic rings. The molecule has 1 heterocycles. The number of amides is 1. The molecule has 30 heavy (non-hydrogen) atoms. The van der Waals surface area contributed by atoms with Crippen molar-refractivity contribution in [3.8, 4) is 5.69 Å². The number of alkyl halides is 1. The summed E-state index contributed by atoms with van der Waals surface area (Å²) in [5.74, 6) is 0.700. The quantitative estimate of drug-likeness (QED) is 0.507. The first-order chi connectivity index (χ1) is 14.3. The van der Waals surface area contributed by atoms with Gasteiger partial charge in [-0.1, -0.05) is 38.1 Å². The SMILES string of the molecule is Cc1cccc(-n2c([C@@H](C)N(CCC(C)C)C(=O)CCl)nc3ccccc3c2=O)c1. The van der Waals surface area contributed by atoms with E-state index in [-0.39, 0.29) is 17.3 Å². The Bertz CT molecular complexity index is 1110. The summed E-state index contributed by atoms with van der Waals surface area (Å²) in [5.41, 5.74) is 2.26. The third kappa shape index (κ3) is 4.57. The second kappa shape index (κ2) is 9.43. The molecule has 5 nitrogen and oxygen atoms in total. The number of carbonyl (C=O) groups excluding carboxylic acids is 1. The van der Waals surface area contributed by atoms with Gasteiger partial charge < -0.3 is 4.90 Å². The molecule has 3 rings (SSSR count). The van der Waals surface area contributed by atoms with E-state index < -0.39 is 6.04 Å². The number of hydrogen-bond donors (Lipinski definition) is 0. The van der Waals surface area contributed by atoms with Crippen LogP contribution >= 0.6 is 11.6 Å². The van der Waals surface area contributed by atoms with Crippen molar-refractivity contribution in [2.24, 2.45) is 5.92 Å². The number of rotatable bonds is 7. The Hall–Kier alpha value is -2.66. The van der Waals surface area contributed by atoms with E-state index in [9.17, 15) is 9.59 Å². The van der Waals surface area contributed by atoms with Crippen LogP contribution in [0.5, 0.6) is 0 Å². The predicted molar refractivity (Wildman–Crippen MR) is 122 cm³/mol. The van der Waals surface area contributed by atoms with Gasteiger partial charge in [-0.25, -0.2) is 4.98 Å². The molecule has 2 aromatic carbocycles. The number of carbonyl (C=O) groups is 1. The van der Waals surface area contributed by atoms with Gasteiger partial charge in [0, 0.05) is 6.54 Å². The first-order valence-corrected chi connectivity index (χ1v) is 10.8. The number of aryl methyl sites for hydroxylation is 1. The second-order valence-electron chi connectivity index (χ2n) is 8.05. The summed E-state index contributed by atoms with van der Waals surface area (Å²) in [5, 5.41) is 0.548. The topological polar surface area (TPSA) is 55.2 Å². The lowest BCUT2D eigenvalue weighted by Crippen LogP contribution is -2.39. The number of halogens is 1. The number of benzene rings is 2. The van der Waals surface area contributed by atoms with Gasteiger partial charge in [0.2, 0.25) is 5.91 Å². The van der Waals surface area contributed by atoms with Crippen LogP contribution in [0.25, 0.3) is 16.6 Å². The van der Waals surface area contributed by atoms with E-state index in [1.54, 1.807) is 15.5 Å². The van der Waals surface area contributed by atoms with Crippen molar-refractivity contribution >= 4 is 28.4 Å². The molecule has 0 saturated carbocycles. The molecule has 0 aliphatic carbocycles. The van der Waals surface area contributed by atoms with Gasteiger partial charge >= 0.3 is 0 Å². The maximum Gasteiger partial charge on any atom is 0.266 e.